The maximum atomic E-state index is 5.13. The molecule has 0 aliphatic rings. The van der Waals surface area contributed by atoms with Crippen LogP contribution in [0.4, 0.5) is 0 Å². The Morgan fingerprint density at radius 1 is 1.69 bits per heavy atom. The fourth-order valence-corrected chi connectivity index (χ4v) is 1.01. The SMILES string of the molecule is C#CCNC(C)CCn1cncn1. The van der Waals surface area contributed by atoms with Crippen LogP contribution >= 0.6 is 0 Å². The van der Waals surface area contributed by atoms with Crippen molar-refractivity contribution in [3.05, 3.63) is 12.7 Å². The first-order chi connectivity index (χ1) is 6.33. The van der Waals surface area contributed by atoms with E-state index in [4.69, 9.17) is 6.42 Å². The quantitative estimate of drug-likeness (QED) is 0.658. The third kappa shape index (κ3) is 3.72. The fourth-order valence-electron chi connectivity index (χ4n) is 1.01. The van der Waals surface area contributed by atoms with Gasteiger partial charge in [0.2, 0.25) is 0 Å². The maximum Gasteiger partial charge on any atom is 0.137 e. The van der Waals surface area contributed by atoms with Crippen LogP contribution < -0.4 is 5.32 Å². The van der Waals surface area contributed by atoms with E-state index in [-0.39, 0.29) is 0 Å². The largest absolute Gasteiger partial charge is 0.304 e. The third-order valence-electron chi connectivity index (χ3n) is 1.81. The standard InChI is InChI=1S/C9H14N4/c1-3-5-11-9(2)4-6-13-8-10-7-12-13/h1,7-9,11H,4-6H2,2H3. The monoisotopic (exact) mass is 178 g/mol. The van der Waals surface area contributed by atoms with Crippen molar-refractivity contribution in [1.82, 2.24) is 20.1 Å². The number of aryl methyl sites for hydroxylation is 1. The molecule has 1 aromatic rings. The van der Waals surface area contributed by atoms with E-state index in [9.17, 15) is 0 Å². The number of rotatable bonds is 5. The van der Waals surface area contributed by atoms with Gasteiger partial charge in [0.05, 0.1) is 6.54 Å². The lowest BCUT2D eigenvalue weighted by molar-refractivity contribution is 0.475. The molecule has 0 spiro atoms. The second-order valence-corrected chi connectivity index (χ2v) is 2.93. The number of nitrogens with zero attached hydrogens (tertiary/aromatic N) is 3. The van der Waals surface area contributed by atoms with Crippen LogP contribution in [0.1, 0.15) is 13.3 Å². The van der Waals surface area contributed by atoms with Gasteiger partial charge in [-0.25, -0.2) is 4.98 Å². The van der Waals surface area contributed by atoms with Gasteiger partial charge in [-0.2, -0.15) is 5.10 Å². The Morgan fingerprint density at radius 3 is 3.15 bits per heavy atom. The lowest BCUT2D eigenvalue weighted by Crippen LogP contribution is -2.27. The summed E-state index contributed by atoms with van der Waals surface area (Å²) in [6.45, 7) is 3.60. The number of nitrogens with one attached hydrogen (secondary N) is 1. The molecule has 4 heteroatoms. The second-order valence-electron chi connectivity index (χ2n) is 2.93. The topological polar surface area (TPSA) is 42.7 Å². The van der Waals surface area contributed by atoms with Crippen LogP contribution in [0.5, 0.6) is 0 Å². The molecule has 0 saturated carbocycles. The molecule has 0 fully saturated rings. The van der Waals surface area contributed by atoms with Gasteiger partial charge in [-0.3, -0.25) is 4.68 Å². The van der Waals surface area contributed by atoms with E-state index in [1.54, 1.807) is 12.7 Å². The summed E-state index contributed by atoms with van der Waals surface area (Å²) < 4.78 is 1.81. The first kappa shape index (κ1) is 9.75. The van der Waals surface area contributed by atoms with E-state index >= 15 is 0 Å². The van der Waals surface area contributed by atoms with Gasteiger partial charge in [0, 0.05) is 12.6 Å². The van der Waals surface area contributed by atoms with Gasteiger partial charge >= 0.3 is 0 Å². The Kier molecular flexibility index (Phi) is 4.00. The van der Waals surface area contributed by atoms with Crippen molar-refractivity contribution in [1.29, 1.82) is 0 Å². The summed E-state index contributed by atoms with van der Waals surface area (Å²) in [7, 11) is 0. The Morgan fingerprint density at radius 2 is 2.54 bits per heavy atom. The smallest absolute Gasteiger partial charge is 0.137 e. The van der Waals surface area contributed by atoms with E-state index < -0.39 is 0 Å². The zero-order valence-corrected chi connectivity index (χ0v) is 7.77. The minimum absolute atomic E-state index is 0.417. The lowest BCUT2D eigenvalue weighted by Gasteiger charge is -2.10. The zero-order valence-electron chi connectivity index (χ0n) is 7.77. The number of hydrogen-bond donors (Lipinski definition) is 1. The van der Waals surface area contributed by atoms with Gasteiger partial charge in [0.25, 0.3) is 0 Å². The van der Waals surface area contributed by atoms with E-state index in [0.717, 1.165) is 13.0 Å². The van der Waals surface area contributed by atoms with Crippen LogP contribution in [0, 0.1) is 12.3 Å². The highest BCUT2D eigenvalue weighted by Gasteiger charge is 1.99. The molecule has 1 rings (SSSR count). The van der Waals surface area contributed by atoms with Crippen LogP contribution in [0.25, 0.3) is 0 Å². The van der Waals surface area contributed by atoms with Crippen LogP contribution in [-0.2, 0) is 6.54 Å². The van der Waals surface area contributed by atoms with Crippen LogP contribution in [0.15, 0.2) is 12.7 Å². The average molecular weight is 178 g/mol. The van der Waals surface area contributed by atoms with Crippen molar-refractivity contribution >= 4 is 0 Å². The highest BCUT2D eigenvalue weighted by molar-refractivity contribution is 4.87. The molecule has 0 saturated heterocycles. The van der Waals surface area contributed by atoms with Gasteiger partial charge in [-0.15, -0.1) is 6.42 Å². The molecular weight excluding hydrogens is 164 g/mol. The summed E-state index contributed by atoms with van der Waals surface area (Å²) in [5, 5.41) is 7.20. The molecule has 0 bridgehead atoms. The molecule has 1 N–H and O–H groups in total. The van der Waals surface area contributed by atoms with Crippen molar-refractivity contribution < 1.29 is 0 Å². The van der Waals surface area contributed by atoms with Crippen molar-refractivity contribution in [2.24, 2.45) is 0 Å². The number of terminal acetylenes is 1. The fraction of sp³-hybridized carbons (Fsp3) is 0.556. The van der Waals surface area contributed by atoms with E-state index in [0.29, 0.717) is 12.6 Å². The van der Waals surface area contributed by atoms with Gasteiger partial charge in [0.1, 0.15) is 12.7 Å². The molecule has 1 atom stereocenters. The number of hydrogen-bond acceptors (Lipinski definition) is 3. The van der Waals surface area contributed by atoms with Crippen LogP contribution in [-0.4, -0.2) is 27.4 Å². The van der Waals surface area contributed by atoms with Gasteiger partial charge in [-0.05, 0) is 13.3 Å². The van der Waals surface area contributed by atoms with Crippen LogP contribution in [0.2, 0.25) is 0 Å². The minimum Gasteiger partial charge on any atom is -0.304 e. The molecule has 0 aromatic carbocycles. The molecule has 1 aromatic heterocycles. The number of aromatic nitrogens is 3. The molecule has 70 valence electrons. The predicted octanol–water partition coefficient (Wildman–Crippen LogP) is 0.279. The molecule has 4 nitrogen and oxygen atoms in total. The molecule has 0 aliphatic carbocycles. The molecule has 13 heavy (non-hydrogen) atoms. The summed E-state index contributed by atoms with van der Waals surface area (Å²) in [4.78, 5) is 3.86. The molecular formula is C9H14N4. The molecule has 1 heterocycles. The Bertz CT molecular complexity index is 260. The first-order valence-electron chi connectivity index (χ1n) is 4.32. The maximum absolute atomic E-state index is 5.13. The average Bonchev–Trinajstić information content (AvgIpc) is 2.64. The summed E-state index contributed by atoms with van der Waals surface area (Å²) in [5.41, 5.74) is 0. The molecule has 0 radical (unpaired) electrons. The zero-order chi connectivity index (χ0) is 9.52. The van der Waals surface area contributed by atoms with Crippen molar-refractivity contribution in [2.75, 3.05) is 6.54 Å². The van der Waals surface area contributed by atoms with E-state index in [2.05, 4.69) is 28.2 Å². The minimum atomic E-state index is 0.417. The predicted molar refractivity (Wildman–Crippen MR) is 50.9 cm³/mol. The Labute approximate surface area is 78.4 Å². The molecule has 0 amide bonds. The highest BCUT2D eigenvalue weighted by Crippen LogP contribution is 1.93. The molecule has 1 unspecified atom stereocenters. The summed E-state index contributed by atoms with van der Waals surface area (Å²) >= 11 is 0. The molecule has 0 aliphatic heterocycles. The van der Waals surface area contributed by atoms with Crippen LogP contribution in [0.3, 0.4) is 0 Å². The summed E-state index contributed by atoms with van der Waals surface area (Å²) in [5.74, 6) is 2.55. The van der Waals surface area contributed by atoms with Crippen molar-refractivity contribution in [3.8, 4) is 12.3 Å². The first-order valence-corrected chi connectivity index (χ1v) is 4.32. The van der Waals surface area contributed by atoms with Crippen molar-refractivity contribution in [3.63, 3.8) is 0 Å². The van der Waals surface area contributed by atoms with Gasteiger partial charge < -0.3 is 5.32 Å². The normalized spacial score (nSPS) is 12.3. The van der Waals surface area contributed by atoms with E-state index in [1.165, 1.54) is 0 Å². The third-order valence-corrected chi connectivity index (χ3v) is 1.81. The van der Waals surface area contributed by atoms with E-state index in [1.807, 2.05) is 4.68 Å². The van der Waals surface area contributed by atoms with Crippen molar-refractivity contribution in [2.45, 2.75) is 25.9 Å². The Hall–Kier alpha value is -1.34. The van der Waals surface area contributed by atoms with Gasteiger partial charge in [0.15, 0.2) is 0 Å². The highest BCUT2D eigenvalue weighted by atomic mass is 15.3. The van der Waals surface area contributed by atoms with Gasteiger partial charge in [-0.1, -0.05) is 5.92 Å². The summed E-state index contributed by atoms with van der Waals surface area (Å²) in [6, 6.07) is 0.417. The summed E-state index contributed by atoms with van der Waals surface area (Å²) in [6.07, 6.45) is 9.39. The Balaban J connectivity index is 2.16. The lowest BCUT2D eigenvalue weighted by atomic mass is 10.2. The second kappa shape index (κ2) is 5.33.